The highest BCUT2D eigenvalue weighted by Crippen LogP contribution is 2.13. The lowest BCUT2D eigenvalue weighted by atomic mass is 10.1. The van der Waals surface area contributed by atoms with Crippen LogP contribution in [0.1, 0.15) is 12.5 Å². The molecule has 0 N–H and O–H groups in total. The molecule has 2 aromatic carbocycles. The quantitative estimate of drug-likeness (QED) is 0.713. The van der Waals surface area contributed by atoms with Crippen LogP contribution in [0.4, 0.5) is 0 Å². The maximum atomic E-state index is 12.5. The van der Waals surface area contributed by atoms with Crippen LogP contribution >= 0.6 is 0 Å². The van der Waals surface area contributed by atoms with Gasteiger partial charge in [-0.2, -0.15) is 0 Å². The Morgan fingerprint density at radius 1 is 0.850 bits per heavy atom. The zero-order valence-electron chi connectivity index (χ0n) is 11.6. The van der Waals surface area contributed by atoms with Crippen LogP contribution in [-0.2, 0) is 19.5 Å². The summed E-state index contributed by atoms with van der Waals surface area (Å²) in [5, 5.41) is 0. The Morgan fingerprint density at radius 3 is 2.10 bits per heavy atom. The van der Waals surface area contributed by atoms with Crippen LogP contribution in [0, 0.1) is 0 Å². The molecule has 102 valence electrons. The minimum atomic E-state index is 0.0876. The van der Waals surface area contributed by atoms with E-state index in [1.807, 2.05) is 58.5 Å². The van der Waals surface area contributed by atoms with Crippen LogP contribution in [0.15, 0.2) is 59.4 Å². The first-order valence-electron chi connectivity index (χ1n) is 7.03. The predicted octanol–water partition coefficient (Wildman–Crippen LogP) is 3.07. The van der Waals surface area contributed by atoms with Gasteiger partial charge in [0, 0.05) is 13.1 Å². The van der Waals surface area contributed by atoms with E-state index in [0.29, 0.717) is 6.54 Å². The zero-order chi connectivity index (χ0) is 13.9. The van der Waals surface area contributed by atoms with E-state index in [0.717, 1.165) is 24.0 Å². The third-order valence-electron chi connectivity index (χ3n) is 3.71. The van der Waals surface area contributed by atoms with Gasteiger partial charge in [-0.15, -0.1) is 0 Å². The number of hydrogen-bond donors (Lipinski definition) is 0. The molecule has 0 aliphatic heterocycles. The summed E-state index contributed by atoms with van der Waals surface area (Å²) in [6, 6.07) is 18.3. The van der Waals surface area contributed by atoms with E-state index in [1.165, 1.54) is 5.56 Å². The molecule has 0 aliphatic rings. The second kappa shape index (κ2) is 5.37. The summed E-state index contributed by atoms with van der Waals surface area (Å²) >= 11 is 0. The summed E-state index contributed by atoms with van der Waals surface area (Å²) in [6.45, 7) is 3.43. The molecule has 3 rings (SSSR count). The van der Waals surface area contributed by atoms with E-state index in [4.69, 9.17) is 0 Å². The highest BCUT2D eigenvalue weighted by atomic mass is 16.1. The minimum Gasteiger partial charge on any atom is -0.292 e. The van der Waals surface area contributed by atoms with E-state index >= 15 is 0 Å². The van der Waals surface area contributed by atoms with Gasteiger partial charge in [0.2, 0.25) is 0 Å². The molecular weight excluding hydrogens is 248 g/mol. The smallest absolute Gasteiger partial charge is 0.292 e. The third-order valence-corrected chi connectivity index (χ3v) is 3.71. The van der Waals surface area contributed by atoms with Crippen molar-refractivity contribution in [2.24, 2.45) is 0 Å². The van der Waals surface area contributed by atoms with E-state index in [1.54, 1.807) is 0 Å². The van der Waals surface area contributed by atoms with Crippen LogP contribution in [0.3, 0.4) is 0 Å². The van der Waals surface area contributed by atoms with Gasteiger partial charge >= 0.3 is 5.69 Å². The van der Waals surface area contributed by atoms with Crippen molar-refractivity contribution in [3.63, 3.8) is 0 Å². The number of aryl methyl sites for hydroxylation is 3. The number of hydrogen-bond acceptors (Lipinski definition) is 1. The molecule has 0 spiro atoms. The Labute approximate surface area is 118 Å². The standard InChI is InChI=1S/C17H18N2O/c1-2-18-15-10-6-7-11-16(15)19(17(18)20)13-12-14-8-4-3-5-9-14/h3-11H,2,12-13H2,1H3. The number of benzene rings is 2. The van der Waals surface area contributed by atoms with Crippen molar-refractivity contribution in [1.29, 1.82) is 0 Å². The van der Waals surface area contributed by atoms with E-state index in [9.17, 15) is 4.79 Å². The van der Waals surface area contributed by atoms with Gasteiger partial charge in [0.05, 0.1) is 11.0 Å². The number of rotatable bonds is 4. The Morgan fingerprint density at radius 2 is 1.45 bits per heavy atom. The fourth-order valence-corrected chi connectivity index (χ4v) is 2.68. The molecule has 3 aromatic rings. The van der Waals surface area contributed by atoms with Gasteiger partial charge in [-0.05, 0) is 31.0 Å². The Balaban J connectivity index is 1.99. The van der Waals surface area contributed by atoms with Crippen molar-refractivity contribution >= 4 is 11.0 Å². The summed E-state index contributed by atoms with van der Waals surface area (Å²) in [5.41, 5.74) is 3.39. The van der Waals surface area contributed by atoms with Crippen molar-refractivity contribution in [3.05, 3.63) is 70.6 Å². The average Bonchev–Trinajstić information content (AvgIpc) is 2.77. The maximum absolute atomic E-state index is 12.5. The lowest BCUT2D eigenvalue weighted by Gasteiger charge is -2.03. The Hall–Kier alpha value is -2.29. The molecule has 20 heavy (non-hydrogen) atoms. The highest BCUT2D eigenvalue weighted by Gasteiger charge is 2.10. The van der Waals surface area contributed by atoms with Gasteiger partial charge in [0.25, 0.3) is 0 Å². The van der Waals surface area contributed by atoms with Gasteiger partial charge in [-0.25, -0.2) is 4.79 Å². The monoisotopic (exact) mass is 266 g/mol. The molecule has 0 aliphatic carbocycles. The van der Waals surface area contributed by atoms with E-state index in [-0.39, 0.29) is 5.69 Å². The SMILES string of the molecule is CCn1c(=O)n(CCc2ccccc2)c2ccccc21. The number of fused-ring (bicyclic) bond motifs is 1. The predicted molar refractivity (Wildman–Crippen MR) is 82.0 cm³/mol. The summed E-state index contributed by atoms with van der Waals surface area (Å²) in [5.74, 6) is 0. The minimum absolute atomic E-state index is 0.0876. The largest absolute Gasteiger partial charge is 0.329 e. The van der Waals surface area contributed by atoms with Crippen molar-refractivity contribution in [1.82, 2.24) is 9.13 Å². The fraction of sp³-hybridized carbons (Fsp3) is 0.235. The number of nitrogens with zero attached hydrogens (tertiary/aromatic N) is 2. The second-order valence-corrected chi connectivity index (χ2v) is 4.90. The van der Waals surface area contributed by atoms with Crippen molar-refractivity contribution in [2.75, 3.05) is 0 Å². The second-order valence-electron chi connectivity index (χ2n) is 4.90. The summed E-state index contributed by atoms with van der Waals surface area (Å²) in [4.78, 5) is 12.5. The van der Waals surface area contributed by atoms with Crippen LogP contribution in [-0.4, -0.2) is 9.13 Å². The molecule has 0 fully saturated rings. The lowest BCUT2D eigenvalue weighted by molar-refractivity contribution is 0.640. The van der Waals surface area contributed by atoms with Crippen molar-refractivity contribution in [3.8, 4) is 0 Å². The zero-order valence-corrected chi connectivity index (χ0v) is 11.6. The van der Waals surface area contributed by atoms with Crippen LogP contribution < -0.4 is 5.69 Å². The number of para-hydroxylation sites is 2. The van der Waals surface area contributed by atoms with E-state index < -0.39 is 0 Å². The normalized spacial score (nSPS) is 11.1. The third kappa shape index (κ3) is 2.16. The molecule has 0 saturated heterocycles. The summed E-state index contributed by atoms with van der Waals surface area (Å²) in [6.07, 6.45) is 0.873. The summed E-state index contributed by atoms with van der Waals surface area (Å²) in [7, 11) is 0. The molecule has 0 saturated carbocycles. The molecule has 1 aromatic heterocycles. The molecule has 0 radical (unpaired) electrons. The van der Waals surface area contributed by atoms with E-state index in [2.05, 4.69) is 12.1 Å². The molecular formula is C17H18N2O. The first kappa shape index (κ1) is 12.7. The van der Waals surface area contributed by atoms with Gasteiger partial charge in [0.1, 0.15) is 0 Å². The molecule has 0 unspecified atom stereocenters. The highest BCUT2D eigenvalue weighted by molar-refractivity contribution is 5.75. The number of imidazole rings is 1. The van der Waals surface area contributed by atoms with Crippen LogP contribution in [0.25, 0.3) is 11.0 Å². The molecule has 3 nitrogen and oxygen atoms in total. The van der Waals surface area contributed by atoms with Gasteiger partial charge < -0.3 is 0 Å². The van der Waals surface area contributed by atoms with Crippen LogP contribution in [0.2, 0.25) is 0 Å². The molecule has 0 bridgehead atoms. The van der Waals surface area contributed by atoms with Gasteiger partial charge in [0.15, 0.2) is 0 Å². The van der Waals surface area contributed by atoms with Crippen LogP contribution in [0.5, 0.6) is 0 Å². The number of aromatic nitrogens is 2. The molecule has 0 atom stereocenters. The first-order valence-corrected chi connectivity index (χ1v) is 7.03. The average molecular weight is 266 g/mol. The Kier molecular flexibility index (Phi) is 3.42. The van der Waals surface area contributed by atoms with Crippen molar-refractivity contribution < 1.29 is 0 Å². The fourth-order valence-electron chi connectivity index (χ4n) is 2.68. The molecule has 0 amide bonds. The van der Waals surface area contributed by atoms with Gasteiger partial charge in [-0.1, -0.05) is 42.5 Å². The first-order chi connectivity index (χ1) is 9.81. The summed E-state index contributed by atoms with van der Waals surface area (Å²) < 4.78 is 3.71. The molecule has 1 heterocycles. The lowest BCUT2D eigenvalue weighted by Crippen LogP contribution is -2.24. The maximum Gasteiger partial charge on any atom is 0.329 e. The van der Waals surface area contributed by atoms with Gasteiger partial charge in [-0.3, -0.25) is 9.13 Å². The van der Waals surface area contributed by atoms with Crippen molar-refractivity contribution in [2.45, 2.75) is 26.4 Å². The molecule has 3 heteroatoms. The Bertz CT molecular complexity index is 769. The topological polar surface area (TPSA) is 26.9 Å².